The monoisotopic (exact) mass is 307 g/mol. The zero-order valence-electron chi connectivity index (χ0n) is 13.1. The lowest BCUT2D eigenvalue weighted by molar-refractivity contribution is -0.150. The van der Waals surface area contributed by atoms with E-state index in [0.29, 0.717) is 52.9 Å². The van der Waals surface area contributed by atoms with Crippen LogP contribution in [-0.2, 0) is 28.4 Å². The minimum absolute atomic E-state index is 0.0301. The minimum atomic E-state index is -0.0301. The van der Waals surface area contributed by atoms with Crippen molar-refractivity contribution in [2.45, 2.75) is 24.7 Å². The summed E-state index contributed by atoms with van der Waals surface area (Å²) in [5.74, 6) is 0. The fraction of sp³-hybridized carbons (Fsp3) is 1.00. The maximum Gasteiger partial charge on any atom is 0.0989 e. The quantitative estimate of drug-likeness (QED) is 0.446. The van der Waals surface area contributed by atoms with Crippen LogP contribution in [0.25, 0.3) is 0 Å². The Morgan fingerprint density at radius 2 is 1.29 bits per heavy atom. The normalized spacial score (nSPS) is 25.0. The summed E-state index contributed by atoms with van der Waals surface area (Å²) in [4.78, 5) is 0. The first kappa shape index (κ1) is 18.8. The Hall–Kier alpha value is -0.280. The molecule has 0 aromatic heterocycles. The molecule has 0 aromatic rings. The lowest BCUT2D eigenvalue weighted by atomic mass is 9.86. The van der Waals surface area contributed by atoms with Gasteiger partial charge in [-0.1, -0.05) is 0 Å². The third kappa shape index (κ3) is 8.06. The Balaban J connectivity index is 1.90. The molecule has 2 N–H and O–H groups in total. The van der Waals surface area contributed by atoms with Crippen LogP contribution in [0.5, 0.6) is 0 Å². The first-order chi connectivity index (χ1) is 10.3. The lowest BCUT2D eigenvalue weighted by Gasteiger charge is -2.41. The summed E-state index contributed by atoms with van der Waals surface area (Å²) >= 11 is 0. The van der Waals surface area contributed by atoms with Gasteiger partial charge >= 0.3 is 0 Å². The van der Waals surface area contributed by atoms with Gasteiger partial charge in [-0.15, -0.1) is 0 Å². The SMILES string of the molecule is COCCOCCOCCOC1CC(N)C1OCCOC. The van der Waals surface area contributed by atoms with Gasteiger partial charge < -0.3 is 34.2 Å². The molecule has 1 saturated carbocycles. The van der Waals surface area contributed by atoms with Gasteiger partial charge in [0.15, 0.2) is 0 Å². The number of methoxy groups -OCH3 is 2. The molecule has 7 heteroatoms. The van der Waals surface area contributed by atoms with E-state index in [9.17, 15) is 0 Å². The van der Waals surface area contributed by atoms with E-state index in [4.69, 9.17) is 34.2 Å². The van der Waals surface area contributed by atoms with E-state index < -0.39 is 0 Å². The van der Waals surface area contributed by atoms with E-state index >= 15 is 0 Å². The summed E-state index contributed by atoms with van der Waals surface area (Å²) in [6.45, 7) is 4.54. The van der Waals surface area contributed by atoms with Crippen molar-refractivity contribution >= 4 is 0 Å². The molecule has 0 heterocycles. The highest BCUT2D eigenvalue weighted by Gasteiger charge is 2.40. The van der Waals surface area contributed by atoms with Crippen molar-refractivity contribution in [3.63, 3.8) is 0 Å². The summed E-state index contributed by atoms with van der Waals surface area (Å²) in [5, 5.41) is 0. The zero-order valence-corrected chi connectivity index (χ0v) is 13.1. The van der Waals surface area contributed by atoms with E-state index in [-0.39, 0.29) is 18.2 Å². The molecule has 0 aliphatic heterocycles. The third-order valence-corrected chi connectivity index (χ3v) is 3.25. The molecule has 21 heavy (non-hydrogen) atoms. The fourth-order valence-corrected chi connectivity index (χ4v) is 2.00. The van der Waals surface area contributed by atoms with Crippen LogP contribution in [0.1, 0.15) is 6.42 Å². The summed E-state index contributed by atoms with van der Waals surface area (Å²) in [6.07, 6.45) is 0.869. The molecule has 0 saturated heterocycles. The molecule has 1 aliphatic carbocycles. The van der Waals surface area contributed by atoms with Crippen LogP contribution < -0.4 is 5.73 Å². The van der Waals surface area contributed by atoms with Crippen LogP contribution in [0.4, 0.5) is 0 Å². The van der Waals surface area contributed by atoms with E-state index in [0.717, 1.165) is 6.42 Å². The summed E-state index contributed by atoms with van der Waals surface area (Å²) in [7, 11) is 3.30. The minimum Gasteiger partial charge on any atom is -0.382 e. The maximum absolute atomic E-state index is 5.90. The van der Waals surface area contributed by atoms with Gasteiger partial charge in [-0.25, -0.2) is 0 Å². The molecule has 3 unspecified atom stereocenters. The van der Waals surface area contributed by atoms with Crippen molar-refractivity contribution in [3.8, 4) is 0 Å². The zero-order chi connectivity index (χ0) is 15.3. The highest BCUT2D eigenvalue weighted by Crippen LogP contribution is 2.25. The van der Waals surface area contributed by atoms with Gasteiger partial charge in [-0.3, -0.25) is 0 Å². The van der Waals surface area contributed by atoms with Gasteiger partial charge in [0.25, 0.3) is 0 Å². The first-order valence-corrected chi connectivity index (χ1v) is 7.41. The molecule has 7 nitrogen and oxygen atoms in total. The standard InChI is InChI=1S/C14H29NO6/c1-16-3-5-18-6-7-19-8-10-20-13-11-12(15)14(13)21-9-4-17-2/h12-14H,3-11,15H2,1-2H3. The van der Waals surface area contributed by atoms with Crippen LogP contribution in [0.2, 0.25) is 0 Å². The number of hydrogen-bond donors (Lipinski definition) is 1. The number of rotatable bonds is 14. The summed E-state index contributed by atoms with van der Waals surface area (Å²) in [6, 6.07) is 0.0574. The van der Waals surface area contributed by atoms with Gasteiger partial charge in [-0.2, -0.15) is 0 Å². The second-order valence-electron chi connectivity index (χ2n) is 4.85. The topological polar surface area (TPSA) is 81.4 Å². The van der Waals surface area contributed by atoms with Crippen LogP contribution in [0, 0.1) is 0 Å². The third-order valence-electron chi connectivity index (χ3n) is 3.25. The second kappa shape index (κ2) is 12.3. The number of hydrogen-bond acceptors (Lipinski definition) is 7. The molecule has 0 aromatic carbocycles. The average molecular weight is 307 g/mol. The van der Waals surface area contributed by atoms with E-state index in [2.05, 4.69) is 0 Å². The molecule has 0 spiro atoms. The highest BCUT2D eigenvalue weighted by atomic mass is 16.6. The van der Waals surface area contributed by atoms with Gasteiger partial charge in [0.2, 0.25) is 0 Å². The van der Waals surface area contributed by atoms with Crippen molar-refractivity contribution in [1.82, 2.24) is 0 Å². The molecule has 3 atom stereocenters. The van der Waals surface area contributed by atoms with Crippen LogP contribution in [0.3, 0.4) is 0 Å². The Morgan fingerprint density at radius 3 is 1.90 bits per heavy atom. The van der Waals surface area contributed by atoms with Crippen LogP contribution >= 0.6 is 0 Å². The molecule has 0 radical (unpaired) electrons. The van der Waals surface area contributed by atoms with Crippen LogP contribution in [0.15, 0.2) is 0 Å². The van der Waals surface area contributed by atoms with Gasteiger partial charge in [0.05, 0.1) is 65.1 Å². The van der Waals surface area contributed by atoms with Crippen molar-refractivity contribution in [1.29, 1.82) is 0 Å². The van der Waals surface area contributed by atoms with E-state index in [1.165, 1.54) is 0 Å². The van der Waals surface area contributed by atoms with Crippen molar-refractivity contribution in [2.75, 3.05) is 67.1 Å². The molecule has 0 bridgehead atoms. The maximum atomic E-state index is 5.90. The van der Waals surface area contributed by atoms with Crippen molar-refractivity contribution in [3.05, 3.63) is 0 Å². The molecular weight excluding hydrogens is 278 g/mol. The van der Waals surface area contributed by atoms with Gasteiger partial charge in [0.1, 0.15) is 0 Å². The molecule has 1 aliphatic rings. The molecule has 1 fully saturated rings. The Bertz CT molecular complexity index is 244. The second-order valence-corrected chi connectivity index (χ2v) is 4.85. The van der Waals surface area contributed by atoms with Gasteiger partial charge in [-0.05, 0) is 6.42 Å². The number of nitrogens with two attached hydrogens (primary N) is 1. The molecule has 0 amide bonds. The Morgan fingerprint density at radius 1 is 0.762 bits per heavy atom. The number of ether oxygens (including phenoxy) is 6. The van der Waals surface area contributed by atoms with E-state index in [1.807, 2.05) is 0 Å². The highest BCUT2D eigenvalue weighted by molar-refractivity contribution is 4.95. The van der Waals surface area contributed by atoms with Gasteiger partial charge in [0, 0.05) is 20.3 Å². The fourth-order valence-electron chi connectivity index (χ4n) is 2.00. The Kier molecular flexibility index (Phi) is 11.0. The van der Waals surface area contributed by atoms with E-state index in [1.54, 1.807) is 14.2 Å². The molecule has 1 rings (SSSR count). The largest absolute Gasteiger partial charge is 0.382 e. The summed E-state index contributed by atoms with van der Waals surface area (Å²) in [5.41, 5.74) is 5.90. The lowest BCUT2D eigenvalue weighted by Crippen LogP contribution is -2.58. The average Bonchev–Trinajstić information content (AvgIpc) is 2.48. The molecular formula is C14H29NO6. The summed E-state index contributed by atoms with van der Waals surface area (Å²) < 4.78 is 31.8. The van der Waals surface area contributed by atoms with Crippen molar-refractivity contribution in [2.24, 2.45) is 5.73 Å². The first-order valence-electron chi connectivity index (χ1n) is 7.41. The predicted molar refractivity (Wildman–Crippen MR) is 77.5 cm³/mol. The smallest absolute Gasteiger partial charge is 0.0989 e. The molecule has 126 valence electrons. The van der Waals surface area contributed by atoms with Crippen LogP contribution in [-0.4, -0.2) is 85.3 Å². The predicted octanol–water partition coefficient (Wildman–Crippen LogP) is -0.186. The Labute approximate surface area is 126 Å². The van der Waals surface area contributed by atoms with Crippen molar-refractivity contribution < 1.29 is 28.4 Å².